The van der Waals surface area contributed by atoms with Gasteiger partial charge in [-0.05, 0) is 12.1 Å². The quantitative estimate of drug-likeness (QED) is 0.433. The first kappa shape index (κ1) is 18.2. The summed E-state index contributed by atoms with van der Waals surface area (Å²) in [5.41, 5.74) is 0.642. The maximum atomic E-state index is 13.4. The Labute approximate surface area is 183 Å². The van der Waals surface area contributed by atoms with Gasteiger partial charge in [0.25, 0.3) is 5.56 Å². The normalized spacial score (nSPS) is 12.7. The third-order valence-electron chi connectivity index (χ3n) is 5.19. The molecule has 4 heterocycles. The zero-order valence-electron chi connectivity index (χ0n) is 15.7. The first-order valence-electron chi connectivity index (χ1n) is 9.32. The van der Waals surface area contributed by atoms with E-state index in [2.05, 4.69) is 9.97 Å². The van der Waals surface area contributed by atoms with Crippen LogP contribution in [0.2, 0.25) is 5.02 Å². The smallest absolute Gasteiger partial charge is 0.333 e. The predicted molar refractivity (Wildman–Crippen MR) is 120 cm³/mol. The van der Waals surface area contributed by atoms with Gasteiger partial charge in [0.2, 0.25) is 6.79 Å². The van der Waals surface area contributed by atoms with Crippen molar-refractivity contribution in [3.8, 4) is 27.6 Å². The van der Waals surface area contributed by atoms with Gasteiger partial charge in [0.15, 0.2) is 11.5 Å². The van der Waals surface area contributed by atoms with E-state index in [-0.39, 0.29) is 6.79 Å². The maximum absolute atomic E-state index is 13.4. The molecule has 0 saturated carbocycles. The highest BCUT2D eigenvalue weighted by molar-refractivity contribution is 7.22. The van der Waals surface area contributed by atoms with Gasteiger partial charge in [0.1, 0.15) is 4.70 Å². The van der Waals surface area contributed by atoms with Crippen LogP contribution in [0.1, 0.15) is 0 Å². The van der Waals surface area contributed by atoms with Crippen LogP contribution in [-0.4, -0.2) is 21.3 Å². The van der Waals surface area contributed by atoms with Crippen molar-refractivity contribution in [3.05, 3.63) is 80.7 Å². The van der Waals surface area contributed by atoms with Gasteiger partial charge >= 0.3 is 5.69 Å². The summed E-state index contributed by atoms with van der Waals surface area (Å²) < 4.78 is 12.3. The number of H-pyrrole nitrogens is 1. The maximum Gasteiger partial charge on any atom is 0.333 e. The zero-order chi connectivity index (χ0) is 21.1. The van der Waals surface area contributed by atoms with Gasteiger partial charge < -0.3 is 14.5 Å². The first-order chi connectivity index (χ1) is 15.1. The summed E-state index contributed by atoms with van der Waals surface area (Å²) in [6.45, 7) is 0.138. The van der Waals surface area contributed by atoms with Crippen molar-refractivity contribution < 1.29 is 9.47 Å². The molecule has 31 heavy (non-hydrogen) atoms. The molecule has 0 saturated heterocycles. The molecule has 0 atom stereocenters. The zero-order valence-corrected chi connectivity index (χ0v) is 17.3. The highest BCUT2D eigenvalue weighted by Gasteiger charge is 2.20. The van der Waals surface area contributed by atoms with Crippen molar-refractivity contribution in [1.82, 2.24) is 14.5 Å². The minimum Gasteiger partial charge on any atom is -0.454 e. The molecular formula is C22H12ClN3O4S. The minimum atomic E-state index is -0.531. The van der Waals surface area contributed by atoms with Gasteiger partial charge in [-0.2, -0.15) is 0 Å². The Kier molecular flexibility index (Phi) is 3.92. The summed E-state index contributed by atoms with van der Waals surface area (Å²) in [7, 11) is 0. The Hall–Kier alpha value is -3.62. The number of thiophene rings is 1. The summed E-state index contributed by atoms with van der Waals surface area (Å²) >= 11 is 7.70. The molecule has 1 aliphatic rings. The highest BCUT2D eigenvalue weighted by atomic mass is 35.5. The number of hydrogen-bond donors (Lipinski definition) is 1. The Morgan fingerprint density at radius 3 is 2.74 bits per heavy atom. The van der Waals surface area contributed by atoms with Crippen molar-refractivity contribution in [1.29, 1.82) is 0 Å². The molecule has 5 aromatic rings. The number of hydrogen-bond acceptors (Lipinski definition) is 6. The Balaban J connectivity index is 1.59. The van der Waals surface area contributed by atoms with Crippen LogP contribution in [0.25, 0.3) is 37.1 Å². The molecule has 1 N–H and O–H groups in total. The number of aromatic amines is 1. The second-order valence-electron chi connectivity index (χ2n) is 6.99. The Morgan fingerprint density at radius 1 is 1.06 bits per heavy atom. The predicted octanol–water partition coefficient (Wildman–Crippen LogP) is 4.34. The third kappa shape index (κ3) is 2.76. The molecule has 0 aliphatic carbocycles. The molecule has 7 nitrogen and oxygen atoms in total. The topological polar surface area (TPSA) is 86.2 Å². The van der Waals surface area contributed by atoms with Crippen molar-refractivity contribution in [2.24, 2.45) is 0 Å². The number of pyridine rings is 1. The number of nitrogens with zero attached hydrogens (tertiary/aromatic N) is 2. The fourth-order valence-corrected chi connectivity index (χ4v) is 5.13. The lowest BCUT2D eigenvalue weighted by Gasteiger charge is -2.07. The van der Waals surface area contributed by atoms with Crippen molar-refractivity contribution in [2.45, 2.75) is 0 Å². The van der Waals surface area contributed by atoms with Crippen LogP contribution in [-0.2, 0) is 0 Å². The third-order valence-corrected chi connectivity index (χ3v) is 6.66. The molecular weight excluding hydrogens is 438 g/mol. The molecule has 6 rings (SSSR count). The van der Waals surface area contributed by atoms with E-state index in [4.69, 9.17) is 21.1 Å². The van der Waals surface area contributed by atoms with Gasteiger partial charge in [0.05, 0.1) is 22.4 Å². The lowest BCUT2D eigenvalue weighted by molar-refractivity contribution is 0.174. The van der Waals surface area contributed by atoms with E-state index in [9.17, 15) is 9.59 Å². The van der Waals surface area contributed by atoms with Gasteiger partial charge in [-0.25, -0.2) is 9.36 Å². The van der Waals surface area contributed by atoms with Crippen molar-refractivity contribution in [3.63, 3.8) is 0 Å². The van der Waals surface area contributed by atoms with Crippen LogP contribution < -0.4 is 20.7 Å². The molecule has 0 bridgehead atoms. The Morgan fingerprint density at radius 2 is 1.87 bits per heavy atom. The largest absolute Gasteiger partial charge is 0.454 e. The van der Waals surface area contributed by atoms with E-state index in [1.807, 2.05) is 24.3 Å². The molecule has 9 heteroatoms. The number of ether oxygens (including phenoxy) is 2. The molecule has 0 amide bonds. The van der Waals surface area contributed by atoms with E-state index >= 15 is 0 Å². The van der Waals surface area contributed by atoms with Crippen molar-refractivity contribution in [2.75, 3.05) is 6.79 Å². The van der Waals surface area contributed by atoms with E-state index in [0.717, 1.165) is 20.2 Å². The SMILES string of the molecule is O=c1[nH]c2cc(-c3cc4c(cc3Cl)OCO4)sc2c(=O)n1-c1cncc2ccccc12. The first-order valence-corrected chi connectivity index (χ1v) is 10.5. The molecule has 0 fully saturated rings. The van der Waals surface area contributed by atoms with Crippen LogP contribution in [0.3, 0.4) is 0 Å². The second kappa shape index (κ2) is 6.69. The summed E-state index contributed by atoms with van der Waals surface area (Å²) in [5, 5.41) is 2.07. The fraction of sp³-hybridized carbons (Fsp3) is 0.0455. The van der Waals surface area contributed by atoms with Crippen LogP contribution in [0.5, 0.6) is 11.5 Å². The van der Waals surface area contributed by atoms with Crippen LogP contribution in [0, 0.1) is 0 Å². The second-order valence-corrected chi connectivity index (χ2v) is 8.45. The average molecular weight is 450 g/mol. The number of rotatable bonds is 2. The van der Waals surface area contributed by atoms with E-state index in [1.165, 1.54) is 17.5 Å². The fourth-order valence-electron chi connectivity index (χ4n) is 3.74. The van der Waals surface area contributed by atoms with E-state index in [1.54, 1.807) is 24.4 Å². The monoisotopic (exact) mass is 449 g/mol. The molecule has 0 unspecified atom stereocenters. The van der Waals surface area contributed by atoms with Gasteiger partial charge in [0, 0.05) is 33.5 Å². The molecule has 1 aliphatic heterocycles. The lowest BCUT2D eigenvalue weighted by atomic mass is 10.1. The molecule has 3 aromatic heterocycles. The van der Waals surface area contributed by atoms with E-state index < -0.39 is 11.2 Å². The summed E-state index contributed by atoms with van der Waals surface area (Å²) in [5.74, 6) is 1.17. The average Bonchev–Trinajstić information content (AvgIpc) is 3.39. The van der Waals surface area contributed by atoms with Gasteiger partial charge in [-0.3, -0.25) is 9.78 Å². The van der Waals surface area contributed by atoms with Crippen LogP contribution >= 0.6 is 22.9 Å². The number of halogens is 1. The van der Waals surface area contributed by atoms with Gasteiger partial charge in [-0.15, -0.1) is 11.3 Å². The van der Waals surface area contributed by atoms with Gasteiger partial charge in [-0.1, -0.05) is 35.9 Å². The standard InChI is InChI=1S/C22H12ClN3O4S/c23-14-6-18-17(29-10-30-18)5-13(14)19-7-15-20(31-19)21(27)26(22(28)25-15)16-9-24-8-11-3-1-2-4-12(11)16/h1-9H,10H2,(H,25,28). The Bertz CT molecular complexity index is 1630. The number of benzene rings is 2. The lowest BCUT2D eigenvalue weighted by Crippen LogP contribution is -2.33. The summed E-state index contributed by atoms with van der Waals surface area (Å²) in [4.78, 5) is 34.0. The molecule has 2 aromatic carbocycles. The summed E-state index contributed by atoms with van der Waals surface area (Å²) in [6, 6.07) is 12.7. The number of aromatic nitrogens is 3. The molecule has 0 radical (unpaired) electrons. The number of nitrogens with one attached hydrogen (secondary N) is 1. The molecule has 0 spiro atoms. The minimum absolute atomic E-state index is 0.138. The summed E-state index contributed by atoms with van der Waals surface area (Å²) in [6.07, 6.45) is 3.22. The van der Waals surface area contributed by atoms with Crippen molar-refractivity contribution >= 4 is 43.9 Å². The highest BCUT2D eigenvalue weighted by Crippen LogP contribution is 2.43. The molecule has 152 valence electrons. The van der Waals surface area contributed by atoms with E-state index in [0.29, 0.717) is 38.0 Å². The van der Waals surface area contributed by atoms with Crippen LogP contribution in [0.15, 0.2) is 64.4 Å². The number of fused-ring (bicyclic) bond motifs is 3. The van der Waals surface area contributed by atoms with Crippen LogP contribution in [0.4, 0.5) is 0 Å².